The average Bonchev–Trinajstić information content (AvgIpc) is 3.27. The van der Waals surface area contributed by atoms with Gasteiger partial charge in [0.05, 0.1) is 12.5 Å². The van der Waals surface area contributed by atoms with Crippen LogP contribution in [0, 0.1) is 0 Å². The van der Waals surface area contributed by atoms with E-state index >= 15 is 0 Å². The molecule has 1 heterocycles. The Morgan fingerprint density at radius 2 is 1.79 bits per heavy atom. The normalized spacial score (nSPS) is 12.2. The number of amides is 1. The van der Waals surface area contributed by atoms with E-state index in [4.69, 9.17) is 9.15 Å². The maximum atomic E-state index is 11.9. The minimum Gasteiger partial charge on any atom is -0.465 e. The zero-order valence-electron chi connectivity index (χ0n) is 15.3. The highest BCUT2D eigenvalue weighted by Crippen LogP contribution is 2.13. The van der Waals surface area contributed by atoms with Crippen molar-refractivity contribution >= 4 is 24.2 Å². The van der Waals surface area contributed by atoms with Crippen LogP contribution >= 0.6 is 0 Å². The molecule has 29 heavy (non-hydrogen) atoms. The van der Waals surface area contributed by atoms with Gasteiger partial charge < -0.3 is 14.3 Å². The Labute approximate surface area is 166 Å². The molecule has 146 valence electrons. The highest BCUT2D eigenvalue weighted by Gasteiger charge is 2.15. The summed E-state index contributed by atoms with van der Waals surface area (Å²) >= 11 is 0. The van der Waals surface area contributed by atoms with Gasteiger partial charge in [-0.15, -0.1) is 0 Å². The number of carbonyl (C=O) groups is 2. The van der Waals surface area contributed by atoms with E-state index in [0.29, 0.717) is 22.6 Å². The lowest BCUT2D eigenvalue weighted by atomic mass is 10.1. The lowest BCUT2D eigenvalue weighted by molar-refractivity contribution is -0.130. The molecule has 3 rings (SSSR count). The summed E-state index contributed by atoms with van der Waals surface area (Å²) in [6, 6.07) is 18.5. The number of nitrogens with zero attached hydrogens (tertiary/aromatic N) is 1. The molecule has 0 aliphatic rings. The van der Waals surface area contributed by atoms with Crippen LogP contribution in [0.15, 0.2) is 88.6 Å². The van der Waals surface area contributed by atoms with E-state index in [1.807, 2.05) is 0 Å². The van der Waals surface area contributed by atoms with Crippen molar-refractivity contribution in [2.24, 2.45) is 5.10 Å². The van der Waals surface area contributed by atoms with Crippen molar-refractivity contribution in [2.45, 2.75) is 6.10 Å². The minimum absolute atomic E-state index is 0.361. The third kappa shape index (κ3) is 6.02. The Balaban J connectivity index is 1.49. The molecule has 1 amide bonds. The molecule has 2 N–H and O–H groups in total. The van der Waals surface area contributed by atoms with Crippen LogP contribution in [0.3, 0.4) is 0 Å². The summed E-state index contributed by atoms with van der Waals surface area (Å²) in [7, 11) is 0. The molecular formula is C22H18N2O5. The van der Waals surface area contributed by atoms with Gasteiger partial charge in [-0.1, -0.05) is 30.3 Å². The number of aliphatic hydroxyl groups excluding tert-OH is 1. The van der Waals surface area contributed by atoms with Gasteiger partial charge in [-0.2, -0.15) is 5.10 Å². The molecule has 0 saturated carbocycles. The van der Waals surface area contributed by atoms with E-state index in [9.17, 15) is 14.7 Å². The van der Waals surface area contributed by atoms with Gasteiger partial charge in [-0.3, -0.25) is 4.79 Å². The molecule has 0 spiro atoms. The highest BCUT2D eigenvalue weighted by molar-refractivity contribution is 5.88. The second kappa shape index (κ2) is 9.82. The van der Waals surface area contributed by atoms with Gasteiger partial charge in [-0.25, -0.2) is 10.2 Å². The molecule has 3 aromatic rings. The van der Waals surface area contributed by atoms with E-state index in [-0.39, 0.29) is 0 Å². The van der Waals surface area contributed by atoms with Crippen molar-refractivity contribution in [3.63, 3.8) is 0 Å². The van der Waals surface area contributed by atoms with E-state index in [2.05, 4.69) is 10.5 Å². The fourth-order valence-electron chi connectivity index (χ4n) is 2.33. The predicted molar refractivity (Wildman–Crippen MR) is 107 cm³/mol. The first-order valence-electron chi connectivity index (χ1n) is 8.71. The molecule has 0 bridgehead atoms. The van der Waals surface area contributed by atoms with E-state index in [1.165, 1.54) is 24.6 Å². The number of benzene rings is 2. The lowest BCUT2D eigenvalue weighted by Crippen LogP contribution is -2.25. The number of hydrogen-bond donors (Lipinski definition) is 2. The van der Waals surface area contributed by atoms with E-state index in [0.717, 1.165) is 0 Å². The number of nitrogens with one attached hydrogen (secondary N) is 1. The van der Waals surface area contributed by atoms with Crippen molar-refractivity contribution in [1.82, 2.24) is 5.43 Å². The first-order chi connectivity index (χ1) is 14.1. The SMILES string of the molecule is O=C(/C=C\c1ccco1)Oc1ccc(/C=N\NC(=O)[C@H](O)c2ccccc2)cc1. The number of hydrazone groups is 1. The molecule has 0 aliphatic heterocycles. The van der Waals surface area contributed by atoms with Crippen LogP contribution in [-0.4, -0.2) is 23.2 Å². The minimum atomic E-state index is -1.30. The Kier molecular flexibility index (Phi) is 6.70. The maximum absolute atomic E-state index is 11.9. The summed E-state index contributed by atoms with van der Waals surface area (Å²) in [6.45, 7) is 0. The van der Waals surface area contributed by atoms with Gasteiger partial charge in [0.2, 0.25) is 0 Å². The number of ether oxygens (including phenoxy) is 1. The van der Waals surface area contributed by atoms with Gasteiger partial charge in [0.15, 0.2) is 6.10 Å². The Bertz CT molecular complexity index is 993. The first-order valence-corrected chi connectivity index (χ1v) is 8.71. The summed E-state index contributed by atoms with van der Waals surface area (Å²) in [5, 5.41) is 13.8. The lowest BCUT2D eigenvalue weighted by Gasteiger charge is -2.08. The number of furan rings is 1. The summed E-state index contributed by atoms with van der Waals surface area (Å²) < 4.78 is 10.3. The second-order valence-corrected chi connectivity index (χ2v) is 5.89. The Hall–Kier alpha value is -3.97. The largest absolute Gasteiger partial charge is 0.465 e. The fourth-order valence-corrected chi connectivity index (χ4v) is 2.33. The molecule has 1 aromatic heterocycles. The number of aliphatic hydroxyl groups is 1. The third-order valence-corrected chi connectivity index (χ3v) is 3.78. The van der Waals surface area contributed by atoms with Crippen LogP contribution in [-0.2, 0) is 9.59 Å². The maximum Gasteiger partial charge on any atom is 0.336 e. The van der Waals surface area contributed by atoms with Crippen LogP contribution < -0.4 is 10.2 Å². The Morgan fingerprint density at radius 3 is 2.48 bits per heavy atom. The molecule has 2 aromatic carbocycles. The third-order valence-electron chi connectivity index (χ3n) is 3.78. The van der Waals surface area contributed by atoms with Gasteiger partial charge in [0, 0.05) is 6.08 Å². The topological polar surface area (TPSA) is 101 Å². The number of carbonyl (C=O) groups excluding carboxylic acids is 2. The average molecular weight is 390 g/mol. The summed E-state index contributed by atoms with van der Waals surface area (Å²) in [5.41, 5.74) is 3.43. The van der Waals surface area contributed by atoms with Crippen LogP contribution in [0.5, 0.6) is 5.75 Å². The second-order valence-electron chi connectivity index (χ2n) is 5.89. The number of hydrogen-bond acceptors (Lipinski definition) is 6. The molecule has 0 aliphatic carbocycles. The van der Waals surface area contributed by atoms with Crippen molar-refractivity contribution < 1.29 is 23.8 Å². The van der Waals surface area contributed by atoms with Gasteiger partial charge >= 0.3 is 5.97 Å². The number of esters is 1. The summed E-state index contributed by atoms with van der Waals surface area (Å²) in [6.07, 6.45) is 4.40. The molecule has 0 unspecified atom stereocenters. The van der Waals surface area contributed by atoms with Crippen LogP contribution in [0.4, 0.5) is 0 Å². The molecule has 7 nitrogen and oxygen atoms in total. The van der Waals surface area contributed by atoms with Crippen LogP contribution in [0.1, 0.15) is 23.0 Å². The van der Waals surface area contributed by atoms with Gasteiger partial charge in [0.1, 0.15) is 11.5 Å². The van der Waals surface area contributed by atoms with Gasteiger partial charge in [0.25, 0.3) is 5.91 Å². The van der Waals surface area contributed by atoms with Crippen LogP contribution in [0.2, 0.25) is 0 Å². The van der Waals surface area contributed by atoms with E-state index in [1.54, 1.807) is 66.7 Å². The molecule has 0 radical (unpaired) electrons. The van der Waals surface area contributed by atoms with Crippen molar-refractivity contribution in [3.05, 3.63) is 96.0 Å². The Morgan fingerprint density at radius 1 is 1.03 bits per heavy atom. The van der Waals surface area contributed by atoms with Crippen LogP contribution in [0.25, 0.3) is 6.08 Å². The first kappa shape index (κ1) is 19.8. The number of rotatable bonds is 7. The van der Waals surface area contributed by atoms with Crippen molar-refractivity contribution in [1.29, 1.82) is 0 Å². The summed E-state index contributed by atoms with van der Waals surface area (Å²) in [5.74, 6) is -0.265. The van der Waals surface area contributed by atoms with Crippen molar-refractivity contribution in [3.8, 4) is 5.75 Å². The quantitative estimate of drug-likeness (QED) is 0.212. The summed E-state index contributed by atoms with van der Waals surface area (Å²) in [4.78, 5) is 23.7. The van der Waals surface area contributed by atoms with Gasteiger partial charge in [-0.05, 0) is 53.6 Å². The predicted octanol–water partition coefficient (Wildman–Crippen LogP) is 3.08. The monoisotopic (exact) mass is 390 g/mol. The molecule has 7 heteroatoms. The molecule has 1 atom stereocenters. The molecule has 0 saturated heterocycles. The molecular weight excluding hydrogens is 372 g/mol. The molecule has 0 fully saturated rings. The zero-order valence-corrected chi connectivity index (χ0v) is 15.3. The fraction of sp³-hybridized carbons (Fsp3) is 0.0455. The van der Waals surface area contributed by atoms with Crippen molar-refractivity contribution in [2.75, 3.05) is 0 Å². The highest BCUT2D eigenvalue weighted by atomic mass is 16.5. The van der Waals surface area contributed by atoms with E-state index < -0.39 is 18.0 Å². The zero-order chi connectivity index (χ0) is 20.5. The standard InChI is InChI=1S/C22H18N2O5/c25-20(13-12-18-7-4-14-28-18)29-19-10-8-16(9-11-19)15-23-24-22(27)21(26)17-5-2-1-3-6-17/h1-15,21,26H,(H,24,27)/b13-12-,23-15-/t21-/m1/s1. The smallest absolute Gasteiger partial charge is 0.336 e.